The van der Waals surface area contributed by atoms with Gasteiger partial charge in [0.15, 0.2) is 0 Å². The molecule has 2 nitrogen and oxygen atoms in total. The summed E-state index contributed by atoms with van der Waals surface area (Å²) in [7, 11) is 2.00. The minimum Gasteiger partial charge on any atom is -0.493 e. The van der Waals surface area contributed by atoms with Gasteiger partial charge in [-0.1, -0.05) is 50.1 Å². The molecular weight excluding hydrogens is 394 g/mol. The molecule has 1 unspecified atom stereocenters. The Balaban J connectivity index is 1.99. The van der Waals surface area contributed by atoms with E-state index in [9.17, 15) is 0 Å². The van der Waals surface area contributed by atoms with Gasteiger partial charge in [-0.05, 0) is 54.8 Å². The third-order valence-corrected chi connectivity index (χ3v) is 5.01. The molecule has 21 heavy (non-hydrogen) atoms. The molecule has 2 aromatic rings. The average Bonchev–Trinajstić information content (AvgIpc) is 2.50. The zero-order valence-electron chi connectivity index (χ0n) is 11.8. The molecule has 2 aromatic carbocycles. The topological polar surface area (TPSA) is 21.3 Å². The first kappa shape index (κ1) is 15.1. The first-order valence-corrected chi connectivity index (χ1v) is 8.65. The van der Waals surface area contributed by atoms with Gasteiger partial charge in [0.05, 0.1) is 12.6 Å². The maximum Gasteiger partial charge on any atom is 0.122 e. The zero-order chi connectivity index (χ0) is 14.8. The Morgan fingerprint density at radius 1 is 1.14 bits per heavy atom. The lowest BCUT2D eigenvalue weighted by Gasteiger charge is -2.23. The van der Waals surface area contributed by atoms with E-state index in [1.165, 1.54) is 16.7 Å². The molecule has 1 heterocycles. The van der Waals surface area contributed by atoms with E-state index in [0.717, 1.165) is 34.1 Å². The van der Waals surface area contributed by atoms with E-state index in [1.54, 1.807) is 0 Å². The standard InChI is InChI=1S/C17H17Br2NO/c1-20-17(14-6-5-13(18)10-15(14)19)12-4-7-16-11(9-12)3-2-8-21-16/h4-7,9-10,17,20H,2-3,8H2,1H3. The fraction of sp³-hybridized carbons (Fsp3) is 0.294. The molecule has 0 saturated carbocycles. The van der Waals surface area contributed by atoms with Crippen LogP contribution < -0.4 is 10.1 Å². The number of hydrogen-bond acceptors (Lipinski definition) is 2. The number of aryl methyl sites for hydroxylation is 1. The number of rotatable bonds is 3. The van der Waals surface area contributed by atoms with Crippen LogP contribution in [0.2, 0.25) is 0 Å². The molecule has 0 aromatic heterocycles. The molecule has 4 heteroatoms. The highest BCUT2D eigenvalue weighted by molar-refractivity contribution is 9.11. The highest BCUT2D eigenvalue weighted by atomic mass is 79.9. The predicted octanol–water partition coefficient (Wildman–Crippen LogP) is 4.85. The Labute approximate surface area is 142 Å². The number of ether oxygens (including phenoxy) is 1. The summed E-state index contributed by atoms with van der Waals surface area (Å²) in [6, 6.07) is 13.0. The lowest BCUT2D eigenvalue weighted by molar-refractivity contribution is 0.288. The summed E-state index contributed by atoms with van der Waals surface area (Å²) < 4.78 is 7.88. The van der Waals surface area contributed by atoms with Gasteiger partial charge in [0.1, 0.15) is 5.75 Å². The van der Waals surface area contributed by atoms with E-state index in [0.29, 0.717) is 0 Å². The van der Waals surface area contributed by atoms with Gasteiger partial charge in [0.25, 0.3) is 0 Å². The highest BCUT2D eigenvalue weighted by Crippen LogP contribution is 2.33. The molecule has 0 fully saturated rings. The minimum atomic E-state index is 0.166. The van der Waals surface area contributed by atoms with Crippen LogP contribution in [0.4, 0.5) is 0 Å². The number of halogens is 2. The second kappa shape index (κ2) is 6.51. The van der Waals surface area contributed by atoms with Crippen LogP contribution in [0.25, 0.3) is 0 Å². The largest absolute Gasteiger partial charge is 0.493 e. The highest BCUT2D eigenvalue weighted by Gasteiger charge is 2.18. The Bertz CT molecular complexity index is 657. The zero-order valence-corrected chi connectivity index (χ0v) is 15.0. The Morgan fingerprint density at radius 2 is 2.00 bits per heavy atom. The monoisotopic (exact) mass is 409 g/mol. The van der Waals surface area contributed by atoms with Gasteiger partial charge < -0.3 is 10.1 Å². The van der Waals surface area contributed by atoms with Crippen LogP contribution in [0.1, 0.15) is 29.2 Å². The van der Waals surface area contributed by atoms with Crippen molar-refractivity contribution in [1.29, 1.82) is 0 Å². The summed E-state index contributed by atoms with van der Waals surface area (Å²) >= 11 is 7.17. The van der Waals surface area contributed by atoms with E-state index >= 15 is 0 Å². The van der Waals surface area contributed by atoms with E-state index in [4.69, 9.17) is 4.74 Å². The average molecular weight is 411 g/mol. The molecule has 0 amide bonds. The van der Waals surface area contributed by atoms with Crippen LogP contribution in [-0.4, -0.2) is 13.7 Å². The Morgan fingerprint density at radius 3 is 2.76 bits per heavy atom. The summed E-state index contributed by atoms with van der Waals surface area (Å²) in [5.74, 6) is 1.04. The summed E-state index contributed by atoms with van der Waals surface area (Å²) in [5, 5.41) is 3.42. The third-order valence-electron chi connectivity index (χ3n) is 3.83. The van der Waals surface area contributed by atoms with Crippen LogP contribution >= 0.6 is 31.9 Å². The van der Waals surface area contributed by atoms with E-state index in [1.807, 2.05) is 7.05 Å². The molecule has 0 aliphatic carbocycles. The van der Waals surface area contributed by atoms with E-state index < -0.39 is 0 Å². The van der Waals surface area contributed by atoms with Gasteiger partial charge in [0.2, 0.25) is 0 Å². The third kappa shape index (κ3) is 3.17. The molecule has 0 bridgehead atoms. The summed E-state index contributed by atoms with van der Waals surface area (Å²) in [6.07, 6.45) is 2.20. The molecular formula is C17H17Br2NO. The quantitative estimate of drug-likeness (QED) is 0.781. The molecule has 0 radical (unpaired) electrons. The lowest BCUT2D eigenvalue weighted by atomic mass is 9.95. The van der Waals surface area contributed by atoms with Gasteiger partial charge >= 0.3 is 0 Å². The molecule has 0 spiro atoms. The van der Waals surface area contributed by atoms with Crippen LogP contribution in [0.5, 0.6) is 5.75 Å². The first-order chi connectivity index (χ1) is 10.2. The van der Waals surface area contributed by atoms with Crippen LogP contribution in [0, 0.1) is 0 Å². The fourth-order valence-electron chi connectivity index (χ4n) is 2.80. The Kier molecular flexibility index (Phi) is 4.67. The minimum absolute atomic E-state index is 0.166. The molecule has 1 N–H and O–H groups in total. The van der Waals surface area contributed by atoms with Crippen LogP contribution in [0.3, 0.4) is 0 Å². The van der Waals surface area contributed by atoms with Crippen LogP contribution in [-0.2, 0) is 6.42 Å². The molecule has 0 saturated heterocycles. The fourth-order valence-corrected chi connectivity index (χ4v) is 4.07. The molecule has 1 aliphatic rings. The van der Waals surface area contributed by atoms with Crippen LogP contribution in [0.15, 0.2) is 45.3 Å². The van der Waals surface area contributed by atoms with Crippen molar-refractivity contribution < 1.29 is 4.74 Å². The van der Waals surface area contributed by atoms with Gasteiger partial charge in [0, 0.05) is 8.95 Å². The van der Waals surface area contributed by atoms with Crippen molar-refractivity contribution in [2.45, 2.75) is 18.9 Å². The smallest absolute Gasteiger partial charge is 0.122 e. The number of fused-ring (bicyclic) bond motifs is 1. The van der Waals surface area contributed by atoms with Crippen molar-refractivity contribution in [3.63, 3.8) is 0 Å². The lowest BCUT2D eigenvalue weighted by Crippen LogP contribution is -2.19. The summed E-state index contributed by atoms with van der Waals surface area (Å²) in [6.45, 7) is 0.833. The normalized spacial score (nSPS) is 15.2. The maximum atomic E-state index is 5.70. The first-order valence-electron chi connectivity index (χ1n) is 7.07. The van der Waals surface area contributed by atoms with Gasteiger partial charge in [-0.2, -0.15) is 0 Å². The molecule has 1 aliphatic heterocycles. The van der Waals surface area contributed by atoms with Crippen molar-refractivity contribution in [2.24, 2.45) is 0 Å². The molecule has 1 atom stereocenters. The number of hydrogen-bond donors (Lipinski definition) is 1. The number of nitrogens with one attached hydrogen (secondary N) is 1. The second-order valence-corrected chi connectivity index (χ2v) is 6.98. The summed E-state index contributed by atoms with van der Waals surface area (Å²) in [4.78, 5) is 0. The van der Waals surface area contributed by atoms with Gasteiger partial charge in [-0.3, -0.25) is 0 Å². The van der Waals surface area contributed by atoms with E-state index in [-0.39, 0.29) is 6.04 Å². The second-order valence-electron chi connectivity index (χ2n) is 5.21. The predicted molar refractivity (Wildman–Crippen MR) is 93.0 cm³/mol. The molecule has 110 valence electrons. The maximum absolute atomic E-state index is 5.70. The van der Waals surface area contributed by atoms with Crippen molar-refractivity contribution in [2.75, 3.05) is 13.7 Å². The molecule has 3 rings (SSSR count). The van der Waals surface area contributed by atoms with Crippen molar-refractivity contribution in [3.05, 3.63) is 62.0 Å². The van der Waals surface area contributed by atoms with Crippen molar-refractivity contribution >= 4 is 31.9 Å². The van der Waals surface area contributed by atoms with Gasteiger partial charge in [-0.25, -0.2) is 0 Å². The number of benzene rings is 2. The van der Waals surface area contributed by atoms with Crippen molar-refractivity contribution in [3.8, 4) is 5.75 Å². The van der Waals surface area contributed by atoms with Crippen molar-refractivity contribution in [1.82, 2.24) is 5.32 Å². The van der Waals surface area contributed by atoms with E-state index in [2.05, 4.69) is 73.6 Å². The Hall–Kier alpha value is -0.840. The summed E-state index contributed by atoms with van der Waals surface area (Å²) in [5.41, 5.74) is 3.81. The van der Waals surface area contributed by atoms with Gasteiger partial charge in [-0.15, -0.1) is 0 Å². The SMILES string of the molecule is CNC(c1ccc2c(c1)CCCO2)c1ccc(Br)cc1Br.